The molecule has 0 aliphatic heterocycles. The SMILES string of the molecule is O=C(c1cc(NS(=O)(=O)c2cccc(C(F)(F)F)c2)ccc1F)c1c[nH]c2ncccc12. The van der Waals surface area contributed by atoms with Crippen molar-refractivity contribution in [3.8, 4) is 0 Å². The quantitative estimate of drug-likeness (QED) is 0.330. The van der Waals surface area contributed by atoms with Crippen LogP contribution in [0.5, 0.6) is 0 Å². The molecule has 0 radical (unpaired) electrons. The number of nitrogens with one attached hydrogen (secondary N) is 2. The van der Waals surface area contributed by atoms with Gasteiger partial charge < -0.3 is 4.98 Å². The van der Waals surface area contributed by atoms with Gasteiger partial charge >= 0.3 is 6.18 Å². The molecule has 0 spiro atoms. The lowest BCUT2D eigenvalue weighted by Gasteiger charge is -2.12. The van der Waals surface area contributed by atoms with E-state index < -0.39 is 43.8 Å². The van der Waals surface area contributed by atoms with E-state index in [0.717, 1.165) is 36.4 Å². The van der Waals surface area contributed by atoms with Crippen molar-refractivity contribution in [2.24, 2.45) is 0 Å². The Morgan fingerprint density at radius 3 is 2.53 bits per heavy atom. The van der Waals surface area contributed by atoms with Gasteiger partial charge in [-0.1, -0.05) is 6.07 Å². The Kier molecular flexibility index (Phi) is 5.21. The molecule has 11 heteroatoms. The van der Waals surface area contributed by atoms with Gasteiger partial charge in [0.25, 0.3) is 10.0 Å². The van der Waals surface area contributed by atoms with Crippen LogP contribution in [-0.2, 0) is 16.2 Å². The molecular weight excluding hydrogens is 450 g/mol. The zero-order valence-electron chi connectivity index (χ0n) is 15.9. The Labute approximate surface area is 179 Å². The third-order valence-corrected chi connectivity index (χ3v) is 6.01. The first-order valence-corrected chi connectivity index (χ1v) is 10.5. The molecule has 0 bridgehead atoms. The van der Waals surface area contributed by atoms with Gasteiger partial charge in [-0.3, -0.25) is 9.52 Å². The van der Waals surface area contributed by atoms with E-state index in [1.807, 2.05) is 0 Å². The summed E-state index contributed by atoms with van der Waals surface area (Å²) in [5.41, 5.74) is -1.20. The lowest BCUT2D eigenvalue weighted by Crippen LogP contribution is -2.15. The van der Waals surface area contributed by atoms with Gasteiger partial charge in [0.15, 0.2) is 5.78 Å². The summed E-state index contributed by atoms with van der Waals surface area (Å²) in [6.45, 7) is 0. The molecule has 0 fully saturated rings. The third-order valence-electron chi connectivity index (χ3n) is 4.63. The Balaban J connectivity index is 1.68. The molecule has 0 aliphatic rings. The fraction of sp³-hybridized carbons (Fsp3) is 0.0476. The predicted molar refractivity (Wildman–Crippen MR) is 108 cm³/mol. The maximum absolute atomic E-state index is 14.4. The Hall–Kier alpha value is -3.73. The van der Waals surface area contributed by atoms with E-state index >= 15 is 0 Å². The number of nitrogens with zero attached hydrogens (tertiary/aromatic N) is 1. The monoisotopic (exact) mass is 463 g/mol. The van der Waals surface area contributed by atoms with E-state index in [-0.39, 0.29) is 11.3 Å². The van der Waals surface area contributed by atoms with Gasteiger partial charge in [-0.05, 0) is 48.5 Å². The number of hydrogen-bond acceptors (Lipinski definition) is 4. The van der Waals surface area contributed by atoms with Crippen molar-refractivity contribution in [2.45, 2.75) is 11.1 Å². The number of hydrogen-bond donors (Lipinski definition) is 2. The van der Waals surface area contributed by atoms with Gasteiger partial charge in [-0.25, -0.2) is 17.8 Å². The molecule has 0 atom stereocenters. The number of fused-ring (bicyclic) bond motifs is 1. The summed E-state index contributed by atoms with van der Waals surface area (Å²) in [6.07, 6.45) is -1.86. The minimum Gasteiger partial charge on any atom is -0.345 e. The smallest absolute Gasteiger partial charge is 0.345 e. The van der Waals surface area contributed by atoms with Crippen LogP contribution in [0, 0.1) is 5.82 Å². The summed E-state index contributed by atoms with van der Waals surface area (Å²) in [7, 11) is -4.44. The minimum absolute atomic E-state index is 0.130. The van der Waals surface area contributed by atoms with Crippen LogP contribution in [0.1, 0.15) is 21.5 Å². The van der Waals surface area contributed by atoms with Crippen molar-refractivity contribution in [2.75, 3.05) is 4.72 Å². The number of rotatable bonds is 5. The Bertz CT molecular complexity index is 1450. The van der Waals surface area contributed by atoms with Crippen LogP contribution >= 0.6 is 0 Å². The second kappa shape index (κ2) is 7.75. The van der Waals surface area contributed by atoms with Crippen LogP contribution in [0.25, 0.3) is 11.0 Å². The van der Waals surface area contributed by atoms with Crippen molar-refractivity contribution in [3.63, 3.8) is 0 Å². The van der Waals surface area contributed by atoms with E-state index in [9.17, 15) is 30.8 Å². The number of benzene rings is 2. The van der Waals surface area contributed by atoms with Crippen LogP contribution < -0.4 is 4.72 Å². The summed E-state index contributed by atoms with van der Waals surface area (Å²) < 4.78 is 80.4. The first-order chi connectivity index (χ1) is 15.1. The molecule has 4 rings (SSSR count). The van der Waals surface area contributed by atoms with Gasteiger partial charge in [0, 0.05) is 29.0 Å². The summed E-state index contributed by atoms with van der Waals surface area (Å²) in [6, 6.07) is 9.33. The lowest BCUT2D eigenvalue weighted by molar-refractivity contribution is -0.137. The highest BCUT2D eigenvalue weighted by molar-refractivity contribution is 7.92. The number of H-pyrrole nitrogens is 1. The molecule has 0 amide bonds. The average molecular weight is 463 g/mol. The topological polar surface area (TPSA) is 91.9 Å². The van der Waals surface area contributed by atoms with E-state index in [0.29, 0.717) is 17.1 Å². The Morgan fingerprint density at radius 1 is 1.00 bits per heavy atom. The fourth-order valence-electron chi connectivity index (χ4n) is 3.11. The maximum atomic E-state index is 14.4. The number of carbonyl (C=O) groups excluding carboxylic acids is 1. The summed E-state index contributed by atoms with van der Waals surface area (Å²) >= 11 is 0. The van der Waals surface area contributed by atoms with Crippen LogP contribution in [0.15, 0.2) is 71.9 Å². The van der Waals surface area contributed by atoms with Crippen LogP contribution in [-0.4, -0.2) is 24.2 Å². The number of carbonyl (C=O) groups is 1. The fourth-order valence-corrected chi connectivity index (χ4v) is 4.20. The lowest BCUT2D eigenvalue weighted by atomic mass is 10.0. The third kappa shape index (κ3) is 4.06. The first-order valence-electron chi connectivity index (χ1n) is 9.03. The minimum atomic E-state index is -4.73. The maximum Gasteiger partial charge on any atom is 0.416 e. The number of sulfonamides is 1. The molecule has 164 valence electrons. The molecule has 0 aliphatic carbocycles. The summed E-state index contributed by atoms with van der Waals surface area (Å²) in [5, 5.41) is 0.451. The number of halogens is 4. The van der Waals surface area contributed by atoms with Crippen molar-refractivity contribution in [3.05, 3.63) is 89.5 Å². The van der Waals surface area contributed by atoms with Crippen molar-refractivity contribution >= 4 is 32.5 Å². The highest BCUT2D eigenvalue weighted by Gasteiger charge is 2.31. The molecule has 2 aromatic carbocycles. The van der Waals surface area contributed by atoms with Crippen LogP contribution in [0.2, 0.25) is 0 Å². The van der Waals surface area contributed by atoms with E-state index in [1.54, 1.807) is 12.1 Å². The largest absolute Gasteiger partial charge is 0.416 e. The van der Waals surface area contributed by atoms with Gasteiger partial charge in [-0.15, -0.1) is 0 Å². The molecular formula is C21H13F4N3O3S. The van der Waals surface area contributed by atoms with Crippen molar-refractivity contribution in [1.82, 2.24) is 9.97 Å². The van der Waals surface area contributed by atoms with E-state index in [2.05, 4.69) is 14.7 Å². The van der Waals surface area contributed by atoms with Crippen LogP contribution in [0.3, 0.4) is 0 Å². The second-order valence-corrected chi connectivity index (χ2v) is 8.44. The van der Waals surface area contributed by atoms with Gasteiger partial charge in [0.05, 0.1) is 16.0 Å². The Morgan fingerprint density at radius 2 is 1.78 bits per heavy atom. The van der Waals surface area contributed by atoms with Crippen LogP contribution in [0.4, 0.5) is 23.2 Å². The normalized spacial score (nSPS) is 12.1. The molecule has 0 unspecified atom stereocenters. The molecule has 4 aromatic rings. The molecule has 2 aromatic heterocycles. The molecule has 32 heavy (non-hydrogen) atoms. The molecule has 2 heterocycles. The number of aromatic nitrogens is 2. The number of ketones is 1. The molecule has 6 nitrogen and oxygen atoms in total. The zero-order valence-corrected chi connectivity index (χ0v) is 16.8. The standard InChI is InChI=1S/C21H13F4N3O3S/c22-18-7-6-13(28-32(30,31)14-4-1-3-12(9-14)21(23,24)25)10-16(18)19(29)17-11-27-20-15(17)5-2-8-26-20/h1-11,28H,(H,26,27). The highest BCUT2D eigenvalue weighted by atomic mass is 32.2. The number of anilines is 1. The molecule has 0 saturated carbocycles. The first kappa shape index (κ1) is 21.5. The zero-order chi connectivity index (χ0) is 23.1. The second-order valence-electron chi connectivity index (χ2n) is 6.76. The van der Waals surface area contributed by atoms with E-state index in [1.165, 1.54) is 12.4 Å². The van der Waals surface area contributed by atoms with Gasteiger partial charge in [-0.2, -0.15) is 13.2 Å². The van der Waals surface area contributed by atoms with E-state index in [4.69, 9.17) is 0 Å². The predicted octanol–water partition coefficient (Wildman–Crippen LogP) is 4.75. The average Bonchev–Trinajstić information content (AvgIpc) is 3.18. The van der Waals surface area contributed by atoms with Gasteiger partial charge in [0.2, 0.25) is 0 Å². The molecule has 2 N–H and O–H groups in total. The van der Waals surface area contributed by atoms with Crippen molar-refractivity contribution < 1.29 is 30.8 Å². The molecule has 0 saturated heterocycles. The number of aromatic amines is 1. The number of alkyl halides is 3. The number of pyridine rings is 1. The summed E-state index contributed by atoms with van der Waals surface area (Å²) in [4.78, 5) is 19.1. The highest BCUT2D eigenvalue weighted by Crippen LogP contribution is 2.31. The summed E-state index contributed by atoms with van der Waals surface area (Å²) in [5.74, 6) is -1.61. The van der Waals surface area contributed by atoms with Gasteiger partial charge in [0.1, 0.15) is 11.5 Å². The van der Waals surface area contributed by atoms with Crippen molar-refractivity contribution in [1.29, 1.82) is 0 Å².